The van der Waals surface area contributed by atoms with E-state index in [4.69, 9.17) is 11.6 Å². The molecule has 0 N–H and O–H groups in total. The maximum Gasteiger partial charge on any atom is 0.158 e. The van der Waals surface area contributed by atoms with E-state index in [9.17, 15) is 9.18 Å². The van der Waals surface area contributed by atoms with Crippen molar-refractivity contribution < 1.29 is 9.18 Å². The molecule has 0 atom stereocenters. The van der Waals surface area contributed by atoms with Gasteiger partial charge in [-0.15, -0.1) is 0 Å². The van der Waals surface area contributed by atoms with Crippen molar-refractivity contribution in [2.45, 2.75) is 19.9 Å². The van der Waals surface area contributed by atoms with Crippen LogP contribution in [0.25, 0.3) is 0 Å². The third kappa shape index (κ3) is 2.96. The van der Waals surface area contributed by atoms with Crippen molar-refractivity contribution in [2.75, 3.05) is 0 Å². The van der Waals surface area contributed by atoms with Gasteiger partial charge in [0.05, 0.1) is 16.9 Å². The zero-order valence-corrected chi connectivity index (χ0v) is 10.6. The molecule has 1 aromatic carbocycles. The van der Waals surface area contributed by atoms with Gasteiger partial charge in [-0.1, -0.05) is 23.7 Å². The van der Waals surface area contributed by atoms with Crippen molar-refractivity contribution in [3.8, 4) is 0 Å². The lowest BCUT2D eigenvalue weighted by Crippen LogP contribution is -2.14. The molecule has 3 nitrogen and oxygen atoms in total. The van der Waals surface area contributed by atoms with E-state index >= 15 is 0 Å². The number of hydrogen-bond donors (Lipinski definition) is 0. The van der Waals surface area contributed by atoms with Crippen molar-refractivity contribution >= 4 is 17.4 Å². The van der Waals surface area contributed by atoms with Crippen molar-refractivity contribution in [1.82, 2.24) is 9.78 Å². The standard InChI is InChI=1S/C13H12ClFN2O/c1-9-13(14)7-16-17(9)8-12(18)6-10-2-4-11(15)5-3-10/h2-5,7H,6,8H2,1H3. The summed E-state index contributed by atoms with van der Waals surface area (Å²) in [6.45, 7) is 1.98. The number of aromatic nitrogens is 2. The first-order valence-electron chi connectivity index (χ1n) is 5.50. The summed E-state index contributed by atoms with van der Waals surface area (Å²) in [6.07, 6.45) is 1.78. The first-order chi connectivity index (χ1) is 8.56. The van der Waals surface area contributed by atoms with Gasteiger partial charge >= 0.3 is 0 Å². The van der Waals surface area contributed by atoms with Crippen LogP contribution in [0.3, 0.4) is 0 Å². The first kappa shape index (κ1) is 12.8. The van der Waals surface area contributed by atoms with E-state index in [1.165, 1.54) is 18.3 Å². The molecule has 1 aromatic heterocycles. The Balaban J connectivity index is 2.01. The van der Waals surface area contributed by atoms with Gasteiger partial charge in [0.15, 0.2) is 5.78 Å². The third-order valence-electron chi connectivity index (χ3n) is 2.68. The maximum atomic E-state index is 12.7. The van der Waals surface area contributed by atoms with Crippen LogP contribution < -0.4 is 0 Å². The molecule has 94 valence electrons. The summed E-state index contributed by atoms with van der Waals surface area (Å²) in [5, 5.41) is 4.56. The Labute approximate surface area is 109 Å². The van der Waals surface area contributed by atoms with Gasteiger partial charge in [0.2, 0.25) is 0 Å². The third-order valence-corrected chi connectivity index (χ3v) is 3.06. The molecule has 0 aliphatic rings. The Morgan fingerprint density at radius 2 is 2.06 bits per heavy atom. The monoisotopic (exact) mass is 266 g/mol. The van der Waals surface area contributed by atoms with E-state index in [1.807, 2.05) is 0 Å². The van der Waals surface area contributed by atoms with Gasteiger partial charge in [0.1, 0.15) is 12.4 Å². The predicted molar refractivity (Wildman–Crippen MR) is 67.1 cm³/mol. The molecule has 0 aliphatic heterocycles. The molecule has 0 saturated carbocycles. The quantitative estimate of drug-likeness (QED) is 0.853. The van der Waals surface area contributed by atoms with Crippen LogP contribution >= 0.6 is 11.6 Å². The molecule has 2 aromatic rings. The Morgan fingerprint density at radius 1 is 1.39 bits per heavy atom. The van der Waals surface area contributed by atoms with Gasteiger partial charge in [-0.2, -0.15) is 5.10 Å². The normalized spacial score (nSPS) is 10.6. The lowest BCUT2D eigenvalue weighted by atomic mass is 10.1. The summed E-state index contributed by atoms with van der Waals surface area (Å²) in [4.78, 5) is 11.8. The van der Waals surface area contributed by atoms with Crippen LogP contribution in [0.4, 0.5) is 4.39 Å². The molecular weight excluding hydrogens is 255 g/mol. The summed E-state index contributed by atoms with van der Waals surface area (Å²) < 4.78 is 14.3. The second-order valence-electron chi connectivity index (χ2n) is 4.08. The second-order valence-corrected chi connectivity index (χ2v) is 4.48. The summed E-state index contributed by atoms with van der Waals surface area (Å²) >= 11 is 5.85. The fourth-order valence-corrected chi connectivity index (χ4v) is 1.78. The highest BCUT2D eigenvalue weighted by Gasteiger charge is 2.09. The van der Waals surface area contributed by atoms with Crippen LogP contribution in [0.5, 0.6) is 0 Å². The summed E-state index contributed by atoms with van der Waals surface area (Å²) in [5.41, 5.74) is 1.56. The number of rotatable bonds is 4. The molecule has 0 saturated heterocycles. The molecule has 0 bridgehead atoms. The Bertz CT molecular complexity index is 563. The number of benzene rings is 1. The summed E-state index contributed by atoms with van der Waals surface area (Å²) in [6, 6.07) is 5.91. The average molecular weight is 267 g/mol. The van der Waals surface area contributed by atoms with Crippen LogP contribution in [-0.4, -0.2) is 15.6 Å². The van der Waals surface area contributed by atoms with Crippen molar-refractivity contribution in [3.05, 3.63) is 52.6 Å². The number of hydrogen-bond acceptors (Lipinski definition) is 2. The zero-order valence-electron chi connectivity index (χ0n) is 9.86. The largest absolute Gasteiger partial charge is 0.297 e. The molecule has 0 amide bonds. The van der Waals surface area contributed by atoms with E-state index in [-0.39, 0.29) is 24.6 Å². The topological polar surface area (TPSA) is 34.9 Å². The minimum absolute atomic E-state index is 0.00414. The van der Waals surface area contributed by atoms with Gasteiger partial charge in [-0.05, 0) is 24.6 Å². The van der Waals surface area contributed by atoms with Crippen molar-refractivity contribution in [2.24, 2.45) is 0 Å². The van der Waals surface area contributed by atoms with Crippen molar-refractivity contribution in [3.63, 3.8) is 0 Å². The second kappa shape index (κ2) is 5.31. The number of Topliss-reactive ketones (excluding diaryl/α,β-unsaturated/α-hetero) is 1. The van der Waals surface area contributed by atoms with Gasteiger partial charge < -0.3 is 0 Å². The number of halogens is 2. The van der Waals surface area contributed by atoms with Crippen LogP contribution in [0.2, 0.25) is 5.02 Å². The predicted octanol–water partition coefficient (Wildman–Crippen LogP) is 2.80. The van der Waals surface area contributed by atoms with E-state index in [1.54, 1.807) is 23.7 Å². The van der Waals surface area contributed by atoms with E-state index in [2.05, 4.69) is 5.10 Å². The highest BCUT2D eigenvalue weighted by molar-refractivity contribution is 6.31. The Morgan fingerprint density at radius 3 is 2.61 bits per heavy atom. The zero-order chi connectivity index (χ0) is 13.1. The molecule has 0 unspecified atom stereocenters. The number of carbonyl (C=O) groups is 1. The number of ketones is 1. The number of nitrogens with zero attached hydrogens (tertiary/aromatic N) is 2. The van der Waals surface area contributed by atoms with Gasteiger partial charge in [0, 0.05) is 6.42 Å². The smallest absolute Gasteiger partial charge is 0.158 e. The summed E-state index contributed by atoms with van der Waals surface area (Å²) in [5.74, 6) is -0.301. The van der Waals surface area contributed by atoms with E-state index in [0.29, 0.717) is 5.02 Å². The first-order valence-corrected chi connectivity index (χ1v) is 5.88. The van der Waals surface area contributed by atoms with Crippen molar-refractivity contribution in [1.29, 1.82) is 0 Å². The van der Waals surface area contributed by atoms with Crippen LogP contribution in [0, 0.1) is 12.7 Å². The SMILES string of the molecule is Cc1c(Cl)cnn1CC(=O)Cc1ccc(F)cc1. The molecule has 18 heavy (non-hydrogen) atoms. The molecule has 0 aliphatic carbocycles. The molecule has 1 heterocycles. The number of carbonyl (C=O) groups excluding carboxylic acids is 1. The minimum atomic E-state index is -0.305. The highest BCUT2D eigenvalue weighted by Crippen LogP contribution is 2.13. The van der Waals surface area contributed by atoms with E-state index in [0.717, 1.165) is 11.3 Å². The molecule has 5 heteroatoms. The molecular formula is C13H12ClFN2O. The Kier molecular flexibility index (Phi) is 3.77. The fourth-order valence-electron chi connectivity index (χ4n) is 1.64. The maximum absolute atomic E-state index is 12.7. The summed E-state index contributed by atoms with van der Waals surface area (Å²) in [7, 11) is 0. The molecule has 0 fully saturated rings. The lowest BCUT2D eigenvalue weighted by Gasteiger charge is -2.04. The highest BCUT2D eigenvalue weighted by atomic mass is 35.5. The minimum Gasteiger partial charge on any atom is -0.297 e. The Hall–Kier alpha value is -1.68. The fraction of sp³-hybridized carbons (Fsp3) is 0.231. The average Bonchev–Trinajstić information content (AvgIpc) is 2.64. The van der Waals surface area contributed by atoms with Crippen LogP contribution in [0.1, 0.15) is 11.3 Å². The van der Waals surface area contributed by atoms with E-state index < -0.39 is 0 Å². The van der Waals surface area contributed by atoms with Gasteiger partial charge in [-0.25, -0.2) is 4.39 Å². The van der Waals surface area contributed by atoms with Crippen LogP contribution in [0.15, 0.2) is 30.5 Å². The van der Waals surface area contributed by atoms with Gasteiger partial charge in [0.25, 0.3) is 0 Å². The van der Waals surface area contributed by atoms with Gasteiger partial charge in [-0.3, -0.25) is 9.48 Å². The molecule has 0 spiro atoms. The molecule has 0 radical (unpaired) electrons. The molecule has 2 rings (SSSR count). The van der Waals surface area contributed by atoms with Crippen LogP contribution in [-0.2, 0) is 17.8 Å². The lowest BCUT2D eigenvalue weighted by molar-refractivity contribution is -0.119.